The third-order valence-electron chi connectivity index (χ3n) is 5.24. The third kappa shape index (κ3) is 3.19. The highest BCUT2D eigenvalue weighted by molar-refractivity contribution is 9.10. The number of hydrogen-bond donors (Lipinski definition) is 1. The summed E-state index contributed by atoms with van der Waals surface area (Å²) in [5.74, 6) is -0.0468. The van der Waals surface area contributed by atoms with Crippen molar-refractivity contribution in [2.24, 2.45) is 0 Å². The van der Waals surface area contributed by atoms with E-state index in [1.807, 2.05) is 49.1 Å². The molecule has 0 bridgehead atoms. The van der Waals surface area contributed by atoms with Crippen molar-refractivity contribution in [2.75, 3.05) is 19.7 Å². The zero-order valence-electron chi connectivity index (χ0n) is 14.9. The Morgan fingerprint density at radius 2 is 2.12 bits per heavy atom. The van der Waals surface area contributed by atoms with Gasteiger partial charge < -0.3 is 14.4 Å². The zero-order valence-corrected chi connectivity index (χ0v) is 16.5. The quantitative estimate of drug-likeness (QED) is 0.810. The Morgan fingerprint density at radius 1 is 1.35 bits per heavy atom. The van der Waals surface area contributed by atoms with Crippen molar-refractivity contribution >= 4 is 21.8 Å². The molecule has 2 aliphatic rings. The van der Waals surface area contributed by atoms with Crippen LogP contribution in [0.3, 0.4) is 0 Å². The summed E-state index contributed by atoms with van der Waals surface area (Å²) in [7, 11) is 0. The number of hydrogen-bond acceptors (Lipinski definition) is 4. The van der Waals surface area contributed by atoms with Gasteiger partial charge in [-0.05, 0) is 32.0 Å². The van der Waals surface area contributed by atoms with Crippen LogP contribution in [-0.2, 0) is 9.47 Å². The van der Waals surface area contributed by atoms with Gasteiger partial charge in [-0.25, -0.2) is 0 Å². The minimum absolute atomic E-state index is 0.0133. The lowest BCUT2D eigenvalue weighted by atomic mass is 9.93. The molecule has 26 heavy (non-hydrogen) atoms. The van der Waals surface area contributed by atoms with Crippen LogP contribution in [-0.4, -0.2) is 58.5 Å². The van der Waals surface area contributed by atoms with Crippen LogP contribution in [0.1, 0.15) is 30.8 Å². The largest absolute Gasteiger partial charge is 0.375 e. The summed E-state index contributed by atoms with van der Waals surface area (Å²) in [6.07, 6.45) is 0.779. The van der Waals surface area contributed by atoms with E-state index in [4.69, 9.17) is 9.47 Å². The van der Waals surface area contributed by atoms with E-state index in [-0.39, 0.29) is 18.1 Å². The average molecular weight is 420 g/mol. The second-order valence-electron chi connectivity index (χ2n) is 7.12. The summed E-state index contributed by atoms with van der Waals surface area (Å²) in [6.45, 7) is 5.82. The van der Waals surface area contributed by atoms with Gasteiger partial charge in [0.2, 0.25) is 0 Å². The molecule has 1 aromatic carbocycles. The third-order valence-corrected chi connectivity index (χ3v) is 5.77. The lowest BCUT2D eigenvalue weighted by Gasteiger charge is -2.44. The van der Waals surface area contributed by atoms with Crippen molar-refractivity contribution in [1.29, 1.82) is 0 Å². The highest BCUT2D eigenvalue weighted by atomic mass is 79.9. The van der Waals surface area contributed by atoms with Gasteiger partial charge in [-0.3, -0.25) is 9.89 Å². The highest BCUT2D eigenvalue weighted by Gasteiger charge is 2.49. The van der Waals surface area contributed by atoms with Crippen LogP contribution in [0.2, 0.25) is 0 Å². The summed E-state index contributed by atoms with van der Waals surface area (Å²) in [4.78, 5) is 14.9. The average Bonchev–Trinajstić information content (AvgIpc) is 3.23. The van der Waals surface area contributed by atoms with E-state index < -0.39 is 5.60 Å². The number of rotatable bonds is 2. The fraction of sp³-hybridized carbons (Fsp3) is 0.474. The fourth-order valence-corrected chi connectivity index (χ4v) is 4.09. The first-order valence-electron chi connectivity index (χ1n) is 8.87. The molecule has 6 nitrogen and oxygen atoms in total. The summed E-state index contributed by atoms with van der Waals surface area (Å²) in [5, 5.41) is 7.21. The Bertz CT molecular complexity index is 807. The maximum atomic E-state index is 13.0. The molecule has 0 saturated carbocycles. The molecule has 0 aliphatic carbocycles. The molecule has 3 atom stereocenters. The molecule has 0 radical (unpaired) electrons. The van der Waals surface area contributed by atoms with Crippen LogP contribution >= 0.6 is 15.9 Å². The summed E-state index contributed by atoms with van der Waals surface area (Å²) in [6, 6.07) is 9.67. The maximum Gasteiger partial charge on any atom is 0.272 e. The first-order chi connectivity index (χ1) is 12.5. The number of benzene rings is 1. The number of H-pyrrole nitrogens is 1. The molecule has 2 fully saturated rings. The van der Waals surface area contributed by atoms with Crippen LogP contribution in [0.25, 0.3) is 11.3 Å². The normalized spacial score (nSPS) is 28.7. The molecular weight excluding hydrogens is 398 g/mol. The molecule has 0 unspecified atom stereocenters. The lowest BCUT2D eigenvalue weighted by Crippen LogP contribution is -2.59. The number of aromatic amines is 1. The van der Waals surface area contributed by atoms with Crippen LogP contribution in [0.4, 0.5) is 0 Å². The predicted octanol–water partition coefficient (Wildman–Crippen LogP) is 3.25. The van der Waals surface area contributed by atoms with Crippen molar-refractivity contribution in [1.82, 2.24) is 15.1 Å². The standard InChI is InChI=1S/C19H22BrN3O3/c1-12-10-23(11-19(26-12)7-8-25-13(19)2)18(24)17-9-16(21-22-17)14-3-5-15(20)6-4-14/h3-6,9,12-13H,7-8,10-11H2,1-2H3,(H,21,22)/t12-,13-,19-/m1/s1. The Hall–Kier alpha value is -1.70. The molecule has 138 valence electrons. The number of aromatic nitrogens is 2. The Kier molecular flexibility index (Phi) is 4.62. The van der Waals surface area contributed by atoms with E-state index in [2.05, 4.69) is 26.1 Å². The zero-order chi connectivity index (χ0) is 18.3. The van der Waals surface area contributed by atoms with Crippen LogP contribution in [0.5, 0.6) is 0 Å². The Morgan fingerprint density at radius 3 is 2.81 bits per heavy atom. The molecular formula is C19H22BrN3O3. The van der Waals surface area contributed by atoms with Gasteiger partial charge in [0.05, 0.1) is 24.4 Å². The van der Waals surface area contributed by atoms with E-state index in [1.54, 1.807) is 0 Å². The van der Waals surface area contributed by atoms with Gasteiger partial charge in [0.1, 0.15) is 11.3 Å². The fourth-order valence-electron chi connectivity index (χ4n) is 3.82. The van der Waals surface area contributed by atoms with Crippen molar-refractivity contribution in [3.8, 4) is 11.3 Å². The van der Waals surface area contributed by atoms with Crippen LogP contribution in [0.15, 0.2) is 34.8 Å². The molecule has 4 rings (SSSR count). The highest BCUT2D eigenvalue weighted by Crippen LogP contribution is 2.35. The minimum atomic E-state index is -0.401. The smallest absolute Gasteiger partial charge is 0.272 e. The Balaban J connectivity index is 1.55. The van der Waals surface area contributed by atoms with E-state index in [9.17, 15) is 4.79 Å². The molecule has 1 N–H and O–H groups in total. The first kappa shape index (κ1) is 17.7. The molecule has 1 spiro atoms. The molecule has 7 heteroatoms. The van der Waals surface area contributed by atoms with Gasteiger partial charge in [-0.15, -0.1) is 0 Å². The van der Waals surface area contributed by atoms with Crippen molar-refractivity contribution < 1.29 is 14.3 Å². The Labute approximate surface area is 161 Å². The molecule has 2 saturated heterocycles. The minimum Gasteiger partial charge on any atom is -0.375 e. The number of nitrogens with one attached hydrogen (secondary N) is 1. The van der Waals surface area contributed by atoms with Gasteiger partial charge in [-0.1, -0.05) is 28.1 Å². The topological polar surface area (TPSA) is 67.5 Å². The van der Waals surface area contributed by atoms with E-state index in [1.165, 1.54) is 0 Å². The van der Waals surface area contributed by atoms with Crippen molar-refractivity contribution in [2.45, 2.75) is 38.1 Å². The number of carbonyl (C=O) groups excluding carboxylic acids is 1. The summed E-state index contributed by atoms with van der Waals surface area (Å²) in [5.41, 5.74) is 1.82. The van der Waals surface area contributed by atoms with E-state index in [0.717, 1.165) is 22.2 Å². The van der Waals surface area contributed by atoms with Crippen molar-refractivity contribution in [3.05, 3.63) is 40.5 Å². The van der Waals surface area contributed by atoms with Gasteiger partial charge in [0.15, 0.2) is 0 Å². The van der Waals surface area contributed by atoms with Gasteiger partial charge in [-0.2, -0.15) is 5.10 Å². The SMILES string of the molecule is C[C@@H]1CN(C(=O)c2cc(-c3ccc(Br)cc3)n[nH]2)C[C@@]2(CCO[C@@H]2C)O1. The number of amides is 1. The number of morpholine rings is 1. The van der Waals surface area contributed by atoms with Crippen molar-refractivity contribution in [3.63, 3.8) is 0 Å². The lowest BCUT2D eigenvalue weighted by molar-refractivity contribution is -0.160. The molecule has 1 aromatic heterocycles. The van der Waals surface area contributed by atoms with Crippen LogP contribution in [0, 0.1) is 0 Å². The van der Waals surface area contributed by atoms with Gasteiger partial charge in [0, 0.05) is 29.6 Å². The molecule has 1 amide bonds. The second kappa shape index (κ2) is 6.79. The van der Waals surface area contributed by atoms with Crippen LogP contribution < -0.4 is 0 Å². The van der Waals surface area contributed by atoms with E-state index in [0.29, 0.717) is 25.4 Å². The number of halogens is 1. The van der Waals surface area contributed by atoms with Gasteiger partial charge in [0.25, 0.3) is 5.91 Å². The number of nitrogens with zero attached hydrogens (tertiary/aromatic N) is 2. The summed E-state index contributed by atoms with van der Waals surface area (Å²) >= 11 is 3.43. The molecule has 3 heterocycles. The van der Waals surface area contributed by atoms with E-state index >= 15 is 0 Å². The molecule has 2 aromatic rings. The second-order valence-corrected chi connectivity index (χ2v) is 8.03. The monoisotopic (exact) mass is 419 g/mol. The number of carbonyl (C=O) groups is 1. The molecule has 2 aliphatic heterocycles. The maximum absolute atomic E-state index is 13.0. The first-order valence-corrected chi connectivity index (χ1v) is 9.66. The summed E-state index contributed by atoms with van der Waals surface area (Å²) < 4.78 is 12.9. The predicted molar refractivity (Wildman–Crippen MR) is 101 cm³/mol. The number of ether oxygens (including phenoxy) is 2. The van der Waals surface area contributed by atoms with Gasteiger partial charge >= 0.3 is 0 Å².